The highest BCUT2D eigenvalue weighted by molar-refractivity contribution is 5.69. The topological polar surface area (TPSA) is 62.8 Å². The first-order valence-corrected chi connectivity index (χ1v) is 11.5. The van der Waals surface area contributed by atoms with Crippen LogP contribution < -0.4 is 15.1 Å². The summed E-state index contributed by atoms with van der Waals surface area (Å²) >= 11 is 0. The summed E-state index contributed by atoms with van der Waals surface area (Å²) in [4.78, 5) is 15.4. The van der Waals surface area contributed by atoms with Crippen LogP contribution in [-0.2, 0) is 0 Å². The Labute approximate surface area is 173 Å². The fourth-order valence-corrected chi connectivity index (χ4v) is 7.24. The number of nitro groups is 1. The van der Waals surface area contributed by atoms with Crippen LogP contribution >= 0.6 is 0 Å². The van der Waals surface area contributed by atoms with E-state index in [2.05, 4.69) is 24.2 Å². The van der Waals surface area contributed by atoms with Gasteiger partial charge in [0.2, 0.25) is 0 Å². The van der Waals surface area contributed by atoms with Gasteiger partial charge in [-0.3, -0.25) is 10.1 Å². The molecule has 0 amide bonds. The normalized spacial score (nSPS) is 35.0. The van der Waals surface area contributed by atoms with Crippen LogP contribution in [-0.4, -0.2) is 44.2 Å². The molecule has 6 rings (SSSR count). The van der Waals surface area contributed by atoms with Gasteiger partial charge in [-0.15, -0.1) is 0 Å². The molecule has 4 bridgehead atoms. The summed E-state index contributed by atoms with van der Waals surface area (Å²) < 4.78 is 0. The predicted molar refractivity (Wildman–Crippen MR) is 116 cm³/mol. The second-order valence-corrected chi connectivity index (χ2v) is 10.5. The molecule has 2 N–H and O–H groups in total. The van der Waals surface area contributed by atoms with E-state index >= 15 is 0 Å². The molecule has 5 aliphatic rings. The van der Waals surface area contributed by atoms with Crippen LogP contribution in [0, 0.1) is 33.3 Å². The summed E-state index contributed by atoms with van der Waals surface area (Å²) in [5.74, 6) is 2.67. The molecule has 6 nitrogen and oxygen atoms in total. The monoisotopic (exact) mass is 399 g/mol. The van der Waals surface area contributed by atoms with Gasteiger partial charge in [-0.25, -0.2) is 0 Å². The Kier molecular flexibility index (Phi) is 4.72. The van der Waals surface area contributed by atoms with Gasteiger partial charge in [-0.05, 0) is 80.8 Å². The fraction of sp³-hybridized carbons (Fsp3) is 0.739. The van der Waals surface area contributed by atoms with Gasteiger partial charge in [-0.2, -0.15) is 0 Å². The van der Waals surface area contributed by atoms with Crippen molar-refractivity contribution in [3.63, 3.8) is 0 Å². The van der Waals surface area contributed by atoms with Crippen LogP contribution in [0.25, 0.3) is 0 Å². The summed E-state index contributed by atoms with van der Waals surface area (Å²) in [6, 6.07) is 5.95. The number of nitrogens with zero attached hydrogens (tertiary/aromatic N) is 2. The van der Waals surface area contributed by atoms with E-state index in [0.29, 0.717) is 11.1 Å². The van der Waals surface area contributed by atoms with Crippen molar-refractivity contribution in [2.45, 2.75) is 51.5 Å². The minimum Gasteiger partial charge on any atom is -0.376 e. The van der Waals surface area contributed by atoms with Gasteiger partial charge in [0.1, 0.15) is 5.69 Å². The number of likely N-dealkylation sites (N-methyl/N-ethyl adjacent to an activating group) is 1. The number of nitro benzene ring substituents is 1. The van der Waals surface area contributed by atoms with E-state index in [0.717, 1.165) is 49.6 Å². The van der Waals surface area contributed by atoms with Gasteiger partial charge < -0.3 is 15.1 Å². The average Bonchev–Trinajstić information content (AvgIpc) is 2.67. The van der Waals surface area contributed by atoms with Crippen molar-refractivity contribution in [3.8, 4) is 0 Å². The van der Waals surface area contributed by atoms with Crippen LogP contribution in [0.3, 0.4) is 0 Å². The van der Waals surface area contributed by atoms with E-state index in [4.69, 9.17) is 0 Å². The second-order valence-electron chi connectivity index (χ2n) is 10.5. The Morgan fingerprint density at radius 2 is 1.72 bits per heavy atom. The van der Waals surface area contributed by atoms with Gasteiger partial charge >= 0.3 is 0 Å². The molecule has 5 fully saturated rings. The Morgan fingerprint density at radius 1 is 1.14 bits per heavy atom. The molecule has 0 aromatic heterocycles. The van der Waals surface area contributed by atoms with E-state index in [1.54, 1.807) is 11.0 Å². The summed E-state index contributed by atoms with van der Waals surface area (Å²) in [5, 5.41) is 15.4. The summed E-state index contributed by atoms with van der Waals surface area (Å²) in [6.07, 6.45) is 8.19. The van der Waals surface area contributed by atoms with E-state index < -0.39 is 0 Å². The van der Waals surface area contributed by atoms with Gasteiger partial charge in [-0.1, -0.05) is 0 Å². The Morgan fingerprint density at radius 3 is 2.28 bits per heavy atom. The highest BCUT2D eigenvalue weighted by Gasteiger charge is 2.53. The van der Waals surface area contributed by atoms with Crippen molar-refractivity contribution >= 4 is 17.1 Å². The third-order valence-corrected chi connectivity index (χ3v) is 8.54. The Hall–Kier alpha value is -1.82. The molecule has 1 saturated heterocycles. The lowest BCUT2D eigenvalue weighted by Crippen LogP contribution is -3.12. The molecule has 4 aliphatic carbocycles. The number of benzene rings is 1. The summed E-state index contributed by atoms with van der Waals surface area (Å²) in [6.45, 7) is 6.52. The largest absolute Gasteiger partial charge is 0.376 e. The van der Waals surface area contributed by atoms with Gasteiger partial charge in [0.15, 0.2) is 0 Å². The lowest BCUT2D eigenvalue weighted by Gasteiger charge is -2.59. The van der Waals surface area contributed by atoms with Crippen LogP contribution in [0.2, 0.25) is 0 Å². The van der Waals surface area contributed by atoms with Crippen molar-refractivity contribution in [1.82, 2.24) is 0 Å². The van der Waals surface area contributed by atoms with Gasteiger partial charge in [0.05, 0.1) is 38.2 Å². The Bertz CT molecular complexity index is 752. The van der Waals surface area contributed by atoms with E-state index in [1.165, 1.54) is 38.5 Å². The molecule has 6 heteroatoms. The Balaban J connectivity index is 1.39. The molecule has 4 saturated carbocycles. The maximum Gasteiger partial charge on any atom is 0.292 e. The first kappa shape index (κ1) is 19.2. The van der Waals surface area contributed by atoms with Crippen molar-refractivity contribution in [1.29, 1.82) is 0 Å². The van der Waals surface area contributed by atoms with Crippen molar-refractivity contribution in [2.24, 2.45) is 23.2 Å². The van der Waals surface area contributed by atoms with Crippen LogP contribution in [0.1, 0.15) is 45.4 Å². The smallest absolute Gasteiger partial charge is 0.292 e. The third-order valence-electron chi connectivity index (χ3n) is 8.54. The zero-order chi connectivity index (χ0) is 20.2. The molecule has 1 heterocycles. The quantitative estimate of drug-likeness (QED) is 0.590. The van der Waals surface area contributed by atoms with Crippen LogP contribution in [0.15, 0.2) is 18.2 Å². The standard InChI is InChI=1S/C23H34N4O2/c1-16(23-13-17-9-18(14-23)11-19(10-17)15-23)24-21-12-20(3-4-22(21)27(28)29)26-7-5-25(2)6-8-26/h3-4,12,16-19,24H,5-11,13-15H2,1-2H3/p+1/t16-,17?,18?,19?,23?/m1/s1. The fourth-order valence-electron chi connectivity index (χ4n) is 7.24. The highest BCUT2D eigenvalue weighted by atomic mass is 16.6. The molecule has 158 valence electrons. The number of quaternary nitrogens is 1. The van der Waals surface area contributed by atoms with Crippen molar-refractivity contribution in [2.75, 3.05) is 43.4 Å². The maximum atomic E-state index is 11.7. The lowest BCUT2D eigenvalue weighted by molar-refractivity contribution is -0.880. The number of rotatable bonds is 5. The third kappa shape index (κ3) is 3.49. The van der Waals surface area contributed by atoms with Gasteiger partial charge in [0, 0.05) is 17.8 Å². The predicted octanol–water partition coefficient (Wildman–Crippen LogP) is 2.95. The van der Waals surface area contributed by atoms with Crippen LogP contribution in [0.5, 0.6) is 0 Å². The van der Waals surface area contributed by atoms with Crippen molar-refractivity contribution < 1.29 is 9.82 Å². The number of piperazine rings is 1. The van der Waals surface area contributed by atoms with E-state index in [-0.39, 0.29) is 16.7 Å². The molecule has 0 unspecified atom stereocenters. The summed E-state index contributed by atoms with van der Waals surface area (Å²) in [5.41, 5.74) is 2.37. The number of hydrogen-bond acceptors (Lipinski definition) is 4. The van der Waals surface area contributed by atoms with Crippen molar-refractivity contribution in [3.05, 3.63) is 28.3 Å². The molecule has 1 aliphatic heterocycles. The zero-order valence-electron chi connectivity index (χ0n) is 17.8. The van der Waals surface area contributed by atoms with Gasteiger partial charge in [0.25, 0.3) is 5.69 Å². The molecule has 0 radical (unpaired) electrons. The van der Waals surface area contributed by atoms with E-state index in [9.17, 15) is 10.1 Å². The number of nitrogens with one attached hydrogen (secondary N) is 2. The molecule has 29 heavy (non-hydrogen) atoms. The molecule has 0 spiro atoms. The van der Waals surface area contributed by atoms with Crippen LogP contribution in [0.4, 0.5) is 17.1 Å². The molecule has 1 atom stereocenters. The first-order valence-electron chi connectivity index (χ1n) is 11.5. The highest BCUT2D eigenvalue weighted by Crippen LogP contribution is 2.61. The second kappa shape index (κ2) is 7.15. The average molecular weight is 400 g/mol. The van der Waals surface area contributed by atoms with E-state index in [1.807, 2.05) is 12.1 Å². The number of anilines is 2. The number of hydrogen-bond donors (Lipinski definition) is 2. The molecule has 1 aromatic carbocycles. The maximum absolute atomic E-state index is 11.7. The first-order chi connectivity index (χ1) is 13.9. The summed E-state index contributed by atoms with van der Waals surface area (Å²) in [7, 11) is 2.23. The minimum atomic E-state index is -0.230. The molecule has 1 aromatic rings. The SMILES string of the molecule is C[C@@H](Nc1cc(N2CC[NH+](C)CC2)ccc1[N+](=O)[O-])C12CC3CC(CC(C3)C1)C2. The minimum absolute atomic E-state index is 0.213. The molecular weight excluding hydrogens is 364 g/mol. The lowest BCUT2D eigenvalue weighted by atomic mass is 9.48. The molecular formula is C23H35N4O2+. The zero-order valence-corrected chi connectivity index (χ0v) is 17.8.